The van der Waals surface area contributed by atoms with Gasteiger partial charge in [-0.05, 0) is 37.6 Å². The number of benzene rings is 1. The van der Waals surface area contributed by atoms with Crippen molar-refractivity contribution in [3.8, 4) is 0 Å². The van der Waals surface area contributed by atoms with E-state index in [-0.39, 0.29) is 19.1 Å². The van der Waals surface area contributed by atoms with E-state index in [4.69, 9.17) is 9.47 Å². The molecule has 0 unspecified atom stereocenters. The Kier molecular flexibility index (Phi) is 6.52. The van der Waals surface area contributed by atoms with Gasteiger partial charge < -0.3 is 14.8 Å². The van der Waals surface area contributed by atoms with Crippen molar-refractivity contribution < 1.29 is 19.1 Å². The maximum atomic E-state index is 11.5. The van der Waals surface area contributed by atoms with Crippen LogP contribution >= 0.6 is 15.9 Å². The highest BCUT2D eigenvalue weighted by Gasteiger charge is 2.08. The van der Waals surface area contributed by atoms with Crippen LogP contribution in [0.25, 0.3) is 0 Å². The summed E-state index contributed by atoms with van der Waals surface area (Å²) in [5.41, 5.74) is 1.66. The molecule has 19 heavy (non-hydrogen) atoms. The van der Waals surface area contributed by atoms with E-state index < -0.39 is 5.97 Å². The first-order chi connectivity index (χ1) is 9.02. The molecule has 1 N–H and O–H groups in total. The number of hydrogen-bond acceptors (Lipinski definition) is 4. The van der Waals surface area contributed by atoms with Crippen LogP contribution < -0.4 is 5.32 Å². The molecule has 0 atom stereocenters. The minimum atomic E-state index is -0.552. The van der Waals surface area contributed by atoms with Gasteiger partial charge >= 0.3 is 5.97 Å². The molecule has 0 saturated carbocycles. The smallest absolute Gasteiger partial charge is 0.332 e. The summed E-state index contributed by atoms with van der Waals surface area (Å²) < 4.78 is 10.6. The molecule has 0 fully saturated rings. The normalized spacial score (nSPS) is 10.1. The van der Waals surface area contributed by atoms with Gasteiger partial charge in [0.15, 0.2) is 6.61 Å². The van der Waals surface area contributed by atoms with Crippen LogP contribution in [0.3, 0.4) is 0 Å². The lowest BCUT2D eigenvalue weighted by Gasteiger charge is -2.08. The first-order valence-electron chi connectivity index (χ1n) is 5.82. The number of rotatable bonds is 6. The van der Waals surface area contributed by atoms with Gasteiger partial charge in [0.2, 0.25) is 0 Å². The van der Waals surface area contributed by atoms with Crippen molar-refractivity contribution in [3.63, 3.8) is 0 Å². The Hall–Kier alpha value is -1.40. The van der Waals surface area contributed by atoms with Crippen molar-refractivity contribution in [1.29, 1.82) is 0 Å². The van der Waals surface area contributed by atoms with Gasteiger partial charge in [0.05, 0.1) is 0 Å². The molecule has 0 spiro atoms. The van der Waals surface area contributed by atoms with E-state index in [1.54, 1.807) is 13.0 Å². The predicted octanol–water partition coefficient (Wildman–Crippen LogP) is 2.28. The van der Waals surface area contributed by atoms with Crippen molar-refractivity contribution in [2.75, 3.05) is 25.1 Å². The van der Waals surface area contributed by atoms with Crippen LogP contribution in [0.2, 0.25) is 0 Å². The van der Waals surface area contributed by atoms with Crippen LogP contribution in [-0.4, -0.2) is 31.7 Å². The first kappa shape index (κ1) is 15.7. The standard InChI is InChI=1S/C13H16BrNO4/c1-3-18-8-13(17)19-7-12(16)15-10-4-5-11(14)9(2)6-10/h4-6H,3,7-8H2,1-2H3,(H,15,16). The third-order valence-corrected chi connectivity index (χ3v) is 3.12. The van der Waals surface area contributed by atoms with Crippen LogP contribution in [0.4, 0.5) is 5.69 Å². The van der Waals surface area contributed by atoms with Crippen LogP contribution in [-0.2, 0) is 19.1 Å². The summed E-state index contributed by atoms with van der Waals surface area (Å²) >= 11 is 3.37. The van der Waals surface area contributed by atoms with Crippen LogP contribution in [0.15, 0.2) is 22.7 Å². The van der Waals surface area contributed by atoms with Gasteiger partial charge in [0.25, 0.3) is 5.91 Å². The zero-order valence-corrected chi connectivity index (χ0v) is 12.5. The van der Waals surface area contributed by atoms with E-state index in [0.717, 1.165) is 10.0 Å². The number of amides is 1. The molecule has 0 heterocycles. The Labute approximate surface area is 120 Å². The predicted molar refractivity (Wildman–Crippen MR) is 75.0 cm³/mol. The molecule has 0 bridgehead atoms. The second-order valence-corrected chi connectivity index (χ2v) is 4.66. The highest BCUT2D eigenvalue weighted by atomic mass is 79.9. The maximum absolute atomic E-state index is 11.5. The molecule has 1 aromatic carbocycles. The summed E-state index contributed by atoms with van der Waals surface area (Å²) in [5, 5.41) is 2.64. The molecule has 0 aliphatic heterocycles. The fourth-order valence-corrected chi connectivity index (χ4v) is 1.54. The molecule has 0 radical (unpaired) electrons. The minimum Gasteiger partial charge on any atom is -0.454 e. The SMILES string of the molecule is CCOCC(=O)OCC(=O)Nc1ccc(Br)c(C)c1. The number of halogens is 1. The molecule has 1 aromatic rings. The third kappa shape index (κ3) is 5.85. The van der Waals surface area contributed by atoms with Crippen molar-refractivity contribution in [1.82, 2.24) is 0 Å². The number of ether oxygens (including phenoxy) is 2. The zero-order chi connectivity index (χ0) is 14.3. The first-order valence-corrected chi connectivity index (χ1v) is 6.61. The Bertz CT molecular complexity index is 462. The van der Waals surface area contributed by atoms with Crippen LogP contribution in [0.1, 0.15) is 12.5 Å². The number of hydrogen-bond donors (Lipinski definition) is 1. The van der Waals surface area contributed by atoms with E-state index in [1.807, 2.05) is 19.1 Å². The molecular formula is C13H16BrNO4. The summed E-state index contributed by atoms with van der Waals surface area (Å²) in [6, 6.07) is 5.42. The molecular weight excluding hydrogens is 314 g/mol. The Morgan fingerprint density at radius 2 is 2.05 bits per heavy atom. The van der Waals surface area contributed by atoms with Crippen LogP contribution in [0, 0.1) is 6.92 Å². The Balaban J connectivity index is 2.38. The number of carbonyl (C=O) groups is 2. The average molecular weight is 330 g/mol. The highest BCUT2D eigenvalue weighted by molar-refractivity contribution is 9.10. The molecule has 0 aliphatic rings. The molecule has 5 nitrogen and oxygen atoms in total. The fourth-order valence-electron chi connectivity index (χ4n) is 1.29. The quantitative estimate of drug-likeness (QED) is 0.813. The third-order valence-electron chi connectivity index (χ3n) is 2.23. The fraction of sp³-hybridized carbons (Fsp3) is 0.385. The number of anilines is 1. The lowest BCUT2D eigenvalue weighted by atomic mass is 10.2. The second kappa shape index (κ2) is 7.91. The van der Waals surface area contributed by atoms with Crippen molar-refractivity contribution in [3.05, 3.63) is 28.2 Å². The number of carbonyl (C=O) groups excluding carboxylic acids is 2. The molecule has 104 valence electrons. The summed E-state index contributed by atoms with van der Waals surface area (Å²) in [4.78, 5) is 22.7. The van der Waals surface area contributed by atoms with E-state index in [2.05, 4.69) is 21.2 Å². The molecule has 1 rings (SSSR count). The second-order valence-electron chi connectivity index (χ2n) is 3.81. The van der Waals surface area contributed by atoms with Gasteiger partial charge in [-0.15, -0.1) is 0 Å². The number of esters is 1. The summed E-state index contributed by atoms with van der Waals surface area (Å²) in [6.07, 6.45) is 0. The number of aryl methyl sites for hydroxylation is 1. The summed E-state index contributed by atoms with van der Waals surface area (Å²) in [7, 11) is 0. The van der Waals surface area contributed by atoms with E-state index in [1.165, 1.54) is 0 Å². The maximum Gasteiger partial charge on any atom is 0.332 e. The van der Waals surface area contributed by atoms with Gasteiger partial charge in [0, 0.05) is 16.8 Å². The van der Waals surface area contributed by atoms with E-state index in [0.29, 0.717) is 12.3 Å². The highest BCUT2D eigenvalue weighted by Crippen LogP contribution is 2.19. The van der Waals surface area contributed by atoms with E-state index in [9.17, 15) is 9.59 Å². The van der Waals surface area contributed by atoms with Gasteiger partial charge in [-0.2, -0.15) is 0 Å². The van der Waals surface area contributed by atoms with Gasteiger partial charge in [0.1, 0.15) is 6.61 Å². The van der Waals surface area contributed by atoms with Crippen LogP contribution in [0.5, 0.6) is 0 Å². The molecule has 0 aliphatic carbocycles. The minimum absolute atomic E-state index is 0.138. The molecule has 0 saturated heterocycles. The summed E-state index contributed by atoms with van der Waals surface area (Å²) in [6.45, 7) is 3.67. The topological polar surface area (TPSA) is 64.6 Å². The van der Waals surface area contributed by atoms with Gasteiger partial charge in [-0.1, -0.05) is 15.9 Å². The monoisotopic (exact) mass is 329 g/mol. The largest absolute Gasteiger partial charge is 0.454 e. The molecule has 1 amide bonds. The summed E-state index contributed by atoms with van der Waals surface area (Å²) in [5.74, 6) is -0.935. The molecule has 6 heteroatoms. The Morgan fingerprint density at radius 3 is 2.68 bits per heavy atom. The lowest BCUT2D eigenvalue weighted by molar-refractivity contribution is -0.151. The van der Waals surface area contributed by atoms with Crippen molar-refractivity contribution in [2.45, 2.75) is 13.8 Å². The van der Waals surface area contributed by atoms with Gasteiger partial charge in [-0.25, -0.2) is 4.79 Å². The van der Waals surface area contributed by atoms with Crippen molar-refractivity contribution >= 4 is 33.5 Å². The van der Waals surface area contributed by atoms with Crippen molar-refractivity contribution in [2.24, 2.45) is 0 Å². The number of nitrogens with one attached hydrogen (secondary N) is 1. The lowest BCUT2D eigenvalue weighted by Crippen LogP contribution is -2.22. The van der Waals surface area contributed by atoms with E-state index >= 15 is 0 Å². The van der Waals surface area contributed by atoms with Gasteiger partial charge in [-0.3, -0.25) is 4.79 Å². The molecule has 0 aromatic heterocycles. The average Bonchev–Trinajstić information content (AvgIpc) is 2.38. The Morgan fingerprint density at radius 1 is 1.32 bits per heavy atom. The zero-order valence-electron chi connectivity index (χ0n) is 10.9.